The summed E-state index contributed by atoms with van der Waals surface area (Å²) in [7, 11) is 2.04. The van der Waals surface area contributed by atoms with Crippen molar-refractivity contribution < 1.29 is 14.6 Å². The molecular weight excluding hydrogens is 234 g/mol. The van der Waals surface area contributed by atoms with Gasteiger partial charge in [0.25, 0.3) is 0 Å². The van der Waals surface area contributed by atoms with E-state index in [4.69, 9.17) is 15.6 Å². The lowest BCUT2D eigenvalue weighted by Gasteiger charge is -2.16. The van der Waals surface area contributed by atoms with E-state index >= 15 is 0 Å². The second kappa shape index (κ2) is 5.22. The van der Waals surface area contributed by atoms with Crippen LogP contribution < -0.4 is 10.5 Å². The van der Waals surface area contributed by atoms with Gasteiger partial charge in [0.2, 0.25) is 5.88 Å². The number of carboxylic acid groups (broad SMARTS) is 1. The van der Waals surface area contributed by atoms with Crippen LogP contribution in [0.4, 0.5) is 5.69 Å². The third-order valence-electron chi connectivity index (χ3n) is 2.96. The first-order valence-electron chi connectivity index (χ1n) is 5.90. The predicted molar refractivity (Wildman–Crippen MR) is 66.8 cm³/mol. The van der Waals surface area contributed by atoms with E-state index in [0.717, 1.165) is 6.54 Å². The Balaban J connectivity index is 1.93. The summed E-state index contributed by atoms with van der Waals surface area (Å²) in [4.78, 5) is 17.1. The molecule has 0 unspecified atom stereocenters. The van der Waals surface area contributed by atoms with E-state index in [1.807, 2.05) is 7.05 Å². The number of pyridine rings is 1. The first kappa shape index (κ1) is 12.6. The molecule has 18 heavy (non-hydrogen) atoms. The van der Waals surface area contributed by atoms with E-state index in [1.165, 1.54) is 25.1 Å². The van der Waals surface area contributed by atoms with Crippen LogP contribution in [-0.4, -0.2) is 47.2 Å². The van der Waals surface area contributed by atoms with E-state index in [2.05, 4.69) is 9.88 Å². The van der Waals surface area contributed by atoms with Gasteiger partial charge >= 0.3 is 5.97 Å². The molecule has 3 N–H and O–H groups in total. The maximum Gasteiger partial charge on any atom is 0.341 e. The Morgan fingerprint density at radius 3 is 3.00 bits per heavy atom. The molecule has 0 saturated heterocycles. The van der Waals surface area contributed by atoms with Crippen molar-refractivity contribution in [3.63, 3.8) is 0 Å². The number of nitrogens with zero attached hydrogens (tertiary/aromatic N) is 2. The molecule has 0 radical (unpaired) electrons. The summed E-state index contributed by atoms with van der Waals surface area (Å²) in [6, 6.07) is 2.02. The lowest BCUT2D eigenvalue weighted by atomic mass is 10.2. The summed E-state index contributed by atoms with van der Waals surface area (Å²) >= 11 is 0. The standard InChI is InChI=1S/C12H17N3O3/c1-15(9-2-3-9)4-5-18-11-10(12(16)17)6-8(13)7-14-11/h6-7,9H,2-5,13H2,1H3,(H,16,17). The van der Waals surface area contributed by atoms with Gasteiger partial charge < -0.3 is 20.5 Å². The number of hydrogen-bond acceptors (Lipinski definition) is 5. The summed E-state index contributed by atoms with van der Waals surface area (Å²) in [5.74, 6) is -0.957. The lowest BCUT2D eigenvalue weighted by molar-refractivity contribution is 0.0690. The minimum atomic E-state index is -1.08. The number of anilines is 1. The fourth-order valence-corrected chi connectivity index (χ4v) is 1.72. The normalized spacial score (nSPS) is 14.8. The number of likely N-dealkylation sites (N-methyl/N-ethyl adjacent to an activating group) is 1. The fraction of sp³-hybridized carbons (Fsp3) is 0.500. The van der Waals surface area contributed by atoms with Gasteiger partial charge in [0.05, 0.1) is 11.9 Å². The third-order valence-corrected chi connectivity index (χ3v) is 2.96. The number of aromatic carboxylic acids is 1. The minimum absolute atomic E-state index is 0.00377. The van der Waals surface area contributed by atoms with Crippen molar-refractivity contribution in [2.45, 2.75) is 18.9 Å². The molecule has 1 heterocycles. The third kappa shape index (κ3) is 3.10. The van der Waals surface area contributed by atoms with Crippen LogP contribution in [0.3, 0.4) is 0 Å². The molecule has 0 aromatic carbocycles. The van der Waals surface area contributed by atoms with E-state index in [1.54, 1.807) is 0 Å². The summed E-state index contributed by atoms with van der Waals surface area (Å²) in [5, 5.41) is 9.01. The Kier molecular flexibility index (Phi) is 3.66. The molecule has 1 aromatic heterocycles. The van der Waals surface area contributed by atoms with Gasteiger partial charge in [-0.2, -0.15) is 0 Å². The van der Waals surface area contributed by atoms with E-state index in [0.29, 0.717) is 18.3 Å². The quantitative estimate of drug-likeness (QED) is 0.778. The zero-order valence-electron chi connectivity index (χ0n) is 10.3. The maximum absolute atomic E-state index is 11.0. The molecule has 2 rings (SSSR count). The van der Waals surface area contributed by atoms with Crippen molar-refractivity contribution in [3.8, 4) is 5.88 Å². The highest BCUT2D eigenvalue weighted by molar-refractivity contribution is 5.91. The van der Waals surface area contributed by atoms with Gasteiger partial charge in [-0.1, -0.05) is 0 Å². The van der Waals surface area contributed by atoms with E-state index in [-0.39, 0.29) is 11.4 Å². The first-order chi connectivity index (χ1) is 8.58. The topological polar surface area (TPSA) is 88.7 Å². The van der Waals surface area contributed by atoms with Crippen LogP contribution in [-0.2, 0) is 0 Å². The highest BCUT2D eigenvalue weighted by Gasteiger charge is 2.25. The Morgan fingerprint density at radius 1 is 1.67 bits per heavy atom. The molecule has 0 atom stereocenters. The van der Waals surface area contributed by atoms with Crippen LogP contribution in [0, 0.1) is 0 Å². The number of nitrogens with two attached hydrogens (primary N) is 1. The molecule has 1 fully saturated rings. The number of hydrogen-bond donors (Lipinski definition) is 2. The van der Waals surface area contributed by atoms with Gasteiger partial charge in [-0.25, -0.2) is 9.78 Å². The summed E-state index contributed by atoms with van der Waals surface area (Å²) < 4.78 is 5.41. The van der Waals surface area contributed by atoms with Crippen LogP contribution in [0.1, 0.15) is 23.2 Å². The molecule has 1 saturated carbocycles. The Bertz CT molecular complexity index is 446. The van der Waals surface area contributed by atoms with Crippen LogP contribution in [0.25, 0.3) is 0 Å². The van der Waals surface area contributed by atoms with Gasteiger partial charge in [-0.3, -0.25) is 0 Å². The Hall–Kier alpha value is -1.82. The first-order valence-corrected chi connectivity index (χ1v) is 5.90. The fourth-order valence-electron chi connectivity index (χ4n) is 1.72. The monoisotopic (exact) mass is 251 g/mol. The smallest absolute Gasteiger partial charge is 0.341 e. The zero-order valence-corrected chi connectivity index (χ0v) is 10.3. The number of carbonyl (C=O) groups is 1. The van der Waals surface area contributed by atoms with Crippen molar-refractivity contribution >= 4 is 11.7 Å². The second-order valence-electron chi connectivity index (χ2n) is 4.49. The molecule has 0 amide bonds. The molecule has 1 aliphatic carbocycles. The van der Waals surface area contributed by atoms with Crippen LogP contribution >= 0.6 is 0 Å². The molecule has 0 aliphatic heterocycles. The van der Waals surface area contributed by atoms with Gasteiger partial charge in [0.1, 0.15) is 12.2 Å². The van der Waals surface area contributed by atoms with E-state index in [9.17, 15) is 4.79 Å². The van der Waals surface area contributed by atoms with Crippen molar-refractivity contribution in [2.24, 2.45) is 0 Å². The van der Waals surface area contributed by atoms with Gasteiger partial charge in [0, 0.05) is 12.6 Å². The van der Waals surface area contributed by atoms with Crippen LogP contribution in [0.5, 0.6) is 5.88 Å². The highest BCUT2D eigenvalue weighted by Crippen LogP contribution is 2.25. The van der Waals surface area contributed by atoms with Crippen molar-refractivity contribution in [1.82, 2.24) is 9.88 Å². The molecule has 6 heteroatoms. The summed E-state index contributed by atoms with van der Waals surface area (Å²) in [6.07, 6.45) is 3.86. The minimum Gasteiger partial charge on any atom is -0.477 e. The predicted octanol–water partition coefficient (Wildman–Crippen LogP) is 0.835. The molecule has 0 spiro atoms. The number of carboxylic acids is 1. The number of nitrogen functional groups attached to an aromatic ring is 1. The average Bonchev–Trinajstić information content (AvgIpc) is 3.14. The largest absolute Gasteiger partial charge is 0.477 e. The SMILES string of the molecule is CN(CCOc1ncc(N)cc1C(=O)O)C1CC1. The number of aromatic nitrogens is 1. The zero-order chi connectivity index (χ0) is 13.1. The second-order valence-corrected chi connectivity index (χ2v) is 4.49. The van der Waals surface area contributed by atoms with Crippen molar-refractivity contribution in [2.75, 3.05) is 25.9 Å². The molecule has 0 bridgehead atoms. The summed E-state index contributed by atoms with van der Waals surface area (Å²) in [5.41, 5.74) is 5.82. The van der Waals surface area contributed by atoms with Gasteiger partial charge in [-0.15, -0.1) is 0 Å². The molecule has 6 nitrogen and oxygen atoms in total. The summed E-state index contributed by atoms with van der Waals surface area (Å²) in [6.45, 7) is 1.18. The lowest BCUT2D eigenvalue weighted by Crippen LogP contribution is -2.26. The molecular formula is C12H17N3O3. The molecule has 1 aromatic rings. The van der Waals surface area contributed by atoms with Gasteiger partial charge in [0.15, 0.2) is 0 Å². The number of rotatable bonds is 6. The number of ether oxygens (including phenoxy) is 1. The Labute approximate surface area is 105 Å². The van der Waals surface area contributed by atoms with E-state index < -0.39 is 5.97 Å². The average molecular weight is 251 g/mol. The Morgan fingerprint density at radius 2 is 2.39 bits per heavy atom. The molecule has 98 valence electrons. The van der Waals surface area contributed by atoms with Crippen LogP contribution in [0.2, 0.25) is 0 Å². The van der Waals surface area contributed by atoms with Crippen molar-refractivity contribution in [3.05, 3.63) is 17.8 Å². The van der Waals surface area contributed by atoms with Gasteiger partial charge in [-0.05, 0) is 26.0 Å². The molecule has 1 aliphatic rings. The van der Waals surface area contributed by atoms with Crippen LogP contribution in [0.15, 0.2) is 12.3 Å². The maximum atomic E-state index is 11.0. The van der Waals surface area contributed by atoms with Crippen molar-refractivity contribution in [1.29, 1.82) is 0 Å². The highest BCUT2D eigenvalue weighted by atomic mass is 16.5.